The van der Waals surface area contributed by atoms with Crippen LogP contribution in [-0.4, -0.2) is 32.1 Å². The topological polar surface area (TPSA) is 63.7 Å². The van der Waals surface area contributed by atoms with Crippen LogP contribution in [0.1, 0.15) is 47.2 Å². The van der Waals surface area contributed by atoms with E-state index in [9.17, 15) is 13.2 Å². The molecule has 26 heavy (non-hydrogen) atoms. The van der Waals surface area contributed by atoms with Gasteiger partial charge in [-0.3, -0.25) is 4.79 Å². The van der Waals surface area contributed by atoms with E-state index in [4.69, 9.17) is 4.18 Å². The highest BCUT2D eigenvalue weighted by molar-refractivity contribution is 7.84. The van der Waals surface area contributed by atoms with Crippen molar-refractivity contribution in [3.8, 4) is 5.75 Å². The van der Waals surface area contributed by atoms with Crippen LogP contribution in [0.2, 0.25) is 0 Å². The maximum absolute atomic E-state index is 12.5. The SMILES string of the molecule is CCCN(C)S(=O)(=O)Oc1ccc2c(c1)CC(c1ccccc1)CC2=O. The van der Waals surface area contributed by atoms with Gasteiger partial charge in [0.05, 0.1) is 0 Å². The zero-order valence-electron chi connectivity index (χ0n) is 15.0. The Kier molecular flexibility index (Phi) is 5.44. The van der Waals surface area contributed by atoms with Gasteiger partial charge in [0.15, 0.2) is 5.78 Å². The summed E-state index contributed by atoms with van der Waals surface area (Å²) in [7, 11) is -2.34. The molecule has 3 rings (SSSR count). The van der Waals surface area contributed by atoms with Crippen LogP contribution in [0.25, 0.3) is 0 Å². The van der Waals surface area contributed by atoms with Crippen LogP contribution in [0.4, 0.5) is 0 Å². The van der Waals surface area contributed by atoms with Crippen molar-refractivity contribution in [2.24, 2.45) is 0 Å². The lowest BCUT2D eigenvalue weighted by Crippen LogP contribution is -2.31. The van der Waals surface area contributed by atoms with Crippen LogP contribution in [0.5, 0.6) is 5.75 Å². The lowest BCUT2D eigenvalue weighted by atomic mass is 9.79. The fourth-order valence-corrected chi connectivity index (χ4v) is 4.19. The van der Waals surface area contributed by atoms with Gasteiger partial charge in [0, 0.05) is 25.6 Å². The lowest BCUT2D eigenvalue weighted by molar-refractivity contribution is 0.0964. The Morgan fingerprint density at radius 3 is 2.54 bits per heavy atom. The molecule has 0 aliphatic heterocycles. The Hall–Kier alpha value is -2.18. The van der Waals surface area contributed by atoms with Gasteiger partial charge >= 0.3 is 10.3 Å². The summed E-state index contributed by atoms with van der Waals surface area (Å²) in [4.78, 5) is 12.5. The van der Waals surface area contributed by atoms with Gasteiger partial charge in [-0.25, -0.2) is 0 Å². The van der Waals surface area contributed by atoms with Crippen molar-refractivity contribution in [3.05, 3.63) is 65.2 Å². The molecule has 0 bridgehead atoms. The second-order valence-electron chi connectivity index (χ2n) is 6.62. The zero-order valence-corrected chi connectivity index (χ0v) is 15.8. The van der Waals surface area contributed by atoms with Gasteiger partial charge in [0.2, 0.25) is 0 Å². The molecule has 5 nitrogen and oxygen atoms in total. The van der Waals surface area contributed by atoms with Crippen molar-refractivity contribution < 1.29 is 17.4 Å². The number of rotatable bonds is 6. The smallest absolute Gasteiger partial charge is 0.371 e. The fourth-order valence-electron chi connectivity index (χ4n) is 3.31. The minimum atomic E-state index is -3.83. The number of nitrogens with zero attached hydrogens (tertiary/aromatic N) is 1. The second-order valence-corrected chi connectivity index (χ2v) is 8.27. The van der Waals surface area contributed by atoms with E-state index in [0.29, 0.717) is 31.4 Å². The second kappa shape index (κ2) is 7.60. The Morgan fingerprint density at radius 2 is 1.85 bits per heavy atom. The minimum Gasteiger partial charge on any atom is -0.371 e. The predicted molar refractivity (Wildman–Crippen MR) is 101 cm³/mol. The normalized spacial score (nSPS) is 17.2. The standard InChI is InChI=1S/C20H23NO4S/c1-3-11-21(2)26(23,24)25-18-9-10-19-17(13-18)12-16(14-20(19)22)15-7-5-4-6-8-15/h4-10,13,16H,3,11-12,14H2,1-2H3. The van der Waals surface area contributed by atoms with Crippen LogP contribution in [0.15, 0.2) is 48.5 Å². The van der Waals surface area contributed by atoms with E-state index >= 15 is 0 Å². The molecule has 0 spiro atoms. The van der Waals surface area contributed by atoms with Crippen molar-refractivity contribution in [2.45, 2.75) is 32.1 Å². The Labute approximate surface area is 154 Å². The number of Topliss-reactive ketones (excluding diaryl/α,β-unsaturated/α-hetero) is 1. The number of carbonyl (C=O) groups excluding carboxylic acids is 1. The number of benzene rings is 2. The van der Waals surface area contributed by atoms with E-state index in [1.807, 2.05) is 37.3 Å². The summed E-state index contributed by atoms with van der Waals surface area (Å²) >= 11 is 0. The monoisotopic (exact) mass is 373 g/mol. The lowest BCUT2D eigenvalue weighted by Gasteiger charge is -2.24. The number of ketones is 1. The molecule has 138 valence electrons. The van der Waals surface area contributed by atoms with Gasteiger partial charge in [-0.05, 0) is 48.1 Å². The molecule has 0 N–H and O–H groups in total. The Bertz CT molecular complexity index is 893. The van der Waals surface area contributed by atoms with Crippen LogP contribution < -0.4 is 4.18 Å². The van der Waals surface area contributed by atoms with E-state index in [-0.39, 0.29) is 17.5 Å². The van der Waals surface area contributed by atoms with Crippen molar-refractivity contribution in [1.82, 2.24) is 4.31 Å². The average Bonchev–Trinajstić information content (AvgIpc) is 2.62. The summed E-state index contributed by atoms with van der Waals surface area (Å²) in [6, 6.07) is 14.8. The molecule has 0 amide bonds. The van der Waals surface area contributed by atoms with Crippen LogP contribution in [0.3, 0.4) is 0 Å². The van der Waals surface area contributed by atoms with Gasteiger partial charge in [-0.1, -0.05) is 37.3 Å². The van der Waals surface area contributed by atoms with Gasteiger partial charge in [0.1, 0.15) is 5.75 Å². The first-order valence-electron chi connectivity index (χ1n) is 8.77. The third-order valence-electron chi connectivity index (χ3n) is 4.67. The molecule has 0 radical (unpaired) electrons. The molecule has 0 saturated carbocycles. The van der Waals surface area contributed by atoms with E-state index in [2.05, 4.69) is 0 Å². The Balaban J connectivity index is 1.85. The van der Waals surface area contributed by atoms with Gasteiger partial charge < -0.3 is 4.18 Å². The molecule has 0 aromatic heterocycles. The minimum absolute atomic E-state index is 0.0811. The number of carbonyl (C=O) groups is 1. The average molecular weight is 373 g/mol. The first kappa shape index (κ1) is 18.6. The van der Waals surface area contributed by atoms with E-state index in [1.165, 1.54) is 11.4 Å². The van der Waals surface area contributed by atoms with Gasteiger partial charge in [0.25, 0.3) is 0 Å². The molecule has 0 fully saturated rings. The quantitative estimate of drug-likeness (QED) is 0.777. The molecule has 0 heterocycles. The van der Waals surface area contributed by atoms with E-state index in [0.717, 1.165) is 11.1 Å². The van der Waals surface area contributed by atoms with Crippen LogP contribution >= 0.6 is 0 Å². The third kappa shape index (κ3) is 3.97. The van der Waals surface area contributed by atoms with Crippen LogP contribution in [-0.2, 0) is 16.7 Å². The van der Waals surface area contributed by atoms with Gasteiger partial charge in [-0.15, -0.1) is 0 Å². The number of fused-ring (bicyclic) bond motifs is 1. The van der Waals surface area contributed by atoms with Crippen molar-refractivity contribution in [2.75, 3.05) is 13.6 Å². The molecule has 2 aromatic carbocycles. The molecule has 1 atom stereocenters. The zero-order chi connectivity index (χ0) is 18.7. The summed E-state index contributed by atoms with van der Waals surface area (Å²) in [5.74, 6) is 0.427. The highest BCUT2D eigenvalue weighted by Crippen LogP contribution is 2.34. The largest absolute Gasteiger partial charge is 0.384 e. The molecule has 1 aliphatic carbocycles. The molecular formula is C20H23NO4S. The first-order valence-corrected chi connectivity index (χ1v) is 10.1. The molecule has 2 aromatic rings. The highest BCUT2D eigenvalue weighted by atomic mass is 32.2. The molecule has 6 heteroatoms. The molecule has 1 aliphatic rings. The molecule has 0 saturated heterocycles. The summed E-state index contributed by atoms with van der Waals surface area (Å²) in [5, 5.41) is 0. The summed E-state index contributed by atoms with van der Waals surface area (Å²) < 4.78 is 30.9. The molecular weight excluding hydrogens is 350 g/mol. The first-order chi connectivity index (χ1) is 12.4. The van der Waals surface area contributed by atoms with E-state index < -0.39 is 10.3 Å². The fraction of sp³-hybridized carbons (Fsp3) is 0.350. The van der Waals surface area contributed by atoms with E-state index in [1.54, 1.807) is 18.2 Å². The van der Waals surface area contributed by atoms with Gasteiger partial charge in [-0.2, -0.15) is 12.7 Å². The maximum atomic E-state index is 12.5. The van der Waals surface area contributed by atoms with Crippen molar-refractivity contribution in [3.63, 3.8) is 0 Å². The number of hydrogen-bond acceptors (Lipinski definition) is 4. The van der Waals surface area contributed by atoms with Crippen molar-refractivity contribution in [1.29, 1.82) is 0 Å². The summed E-state index contributed by atoms with van der Waals surface area (Å²) in [6.07, 6.45) is 1.86. The highest BCUT2D eigenvalue weighted by Gasteiger charge is 2.27. The van der Waals surface area contributed by atoms with Crippen LogP contribution in [0, 0.1) is 0 Å². The summed E-state index contributed by atoms with van der Waals surface area (Å²) in [6.45, 7) is 2.29. The van der Waals surface area contributed by atoms with Crippen molar-refractivity contribution >= 4 is 16.1 Å². The Morgan fingerprint density at radius 1 is 1.12 bits per heavy atom. The maximum Gasteiger partial charge on any atom is 0.384 e. The predicted octanol–water partition coefficient (Wildman–Crippen LogP) is 3.56. The third-order valence-corrected chi connectivity index (χ3v) is 6.02. The number of hydrogen-bond donors (Lipinski definition) is 0. The molecule has 1 unspecified atom stereocenters. The summed E-state index contributed by atoms with van der Waals surface area (Å²) in [5.41, 5.74) is 2.61.